The second kappa shape index (κ2) is 5.40. The first-order valence-electron chi connectivity index (χ1n) is 5.25. The minimum Gasteiger partial charge on any atom is -0.497 e. The highest BCUT2D eigenvalue weighted by Crippen LogP contribution is 2.33. The lowest BCUT2D eigenvalue weighted by atomic mass is 9.80. The van der Waals surface area contributed by atoms with Gasteiger partial charge in [-0.25, -0.2) is 0 Å². The molecule has 0 saturated heterocycles. The summed E-state index contributed by atoms with van der Waals surface area (Å²) in [5, 5.41) is 0. The number of ether oxygens (including phenoxy) is 1. The monoisotopic (exact) mass is 199 g/mol. The summed E-state index contributed by atoms with van der Waals surface area (Å²) in [5.41, 5.74) is 0.0618. The first-order chi connectivity index (χ1) is 6.28. The van der Waals surface area contributed by atoms with Gasteiger partial charge in [-0.05, 0) is 20.0 Å². The smallest absolute Gasteiger partial charge is 0.100 e. The molecule has 0 saturated carbocycles. The normalized spacial score (nSPS) is 12.3. The lowest BCUT2D eigenvalue weighted by Crippen LogP contribution is -2.25. The lowest BCUT2D eigenvalue weighted by Gasteiger charge is -2.31. The number of hydrogen-bond donors (Lipinski definition) is 0. The largest absolute Gasteiger partial charge is 0.497 e. The molecule has 0 aliphatic rings. The predicted octanol–water partition coefficient (Wildman–Crippen LogP) is 2.76. The Morgan fingerprint density at radius 1 is 1.36 bits per heavy atom. The van der Waals surface area contributed by atoms with E-state index in [1.54, 1.807) is 0 Å². The Balaban J connectivity index is 3.96. The van der Waals surface area contributed by atoms with Crippen LogP contribution < -0.4 is 0 Å². The maximum absolute atomic E-state index is 5.64. The van der Waals surface area contributed by atoms with Gasteiger partial charge in [0, 0.05) is 12.0 Å². The summed E-state index contributed by atoms with van der Waals surface area (Å²) in [5.74, 6) is 1.45. The molecule has 0 spiro atoms. The molecule has 0 fully saturated rings. The number of likely N-dealkylation sites (N-methyl/N-ethyl adjacent to an activating group) is 1. The molecule has 14 heavy (non-hydrogen) atoms. The molecule has 0 aliphatic carbocycles. The molecule has 0 aromatic carbocycles. The highest BCUT2D eigenvalue weighted by atomic mass is 16.5. The van der Waals surface area contributed by atoms with Crippen LogP contribution in [0.4, 0.5) is 0 Å². The van der Waals surface area contributed by atoms with Gasteiger partial charge in [-0.3, -0.25) is 0 Å². The van der Waals surface area contributed by atoms with Crippen molar-refractivity contribution >= 4 is 0 Å². The van der Waals surface area contributed by atoms with E-state index >= 15 is 0 Å². The SMILES string of the molecule is C=C(OCCN(C)C)C(C)(C)C(C)C. The molecule has 0 atom stereocenters. The summed E-state index contributed by atoms with van der Waals surface area (Å²) in [4.78, 5) is 2.11. The van der Waals surface area contributed by atoms with E-state index in [1.165, 1.54) is 0 Å². The average Bonchev–Trinajstić information content (AvgIpc) is 2.02. The van der Waals surface area contributed by atoms with E-state index in [2.05, 4.69) is 39.2 Å². The minimum atomic E-state index is 0.0618. The summed E-state index contributed by atoms with van der Waals surface area (Å²) in [6.07, 6.45) is 0. The summed E-state index contributed by atoms with van der Waals surface area (Å²) >= 11 is 0. The zero-order valence-electron chi connectivity index (χ0n) is 10.6. The molecule has 0 bridgehead atoms. The molecule has 0 N–H and O–H groups in total. The van der Waals surface area contributed by atoms with Crippen LogP contribution >= 0.6 is 0 Å². The van der Waals surface area contributed by atoms with E-state index in [-0.39, 0.29) is 5.41 Å². The highest BCUT2D eigenvalue weighted by Gasteiger charge is 2.27. The van der Waals surface area contributed by atoms with Crippen LogP contribution in [0.3, 0.4) is 0 Å². The fourth-order valence-corrected chi connectivity index (χ4v) is 0.859. The van der Waals surface area contributed by atoms with Gasteiger partial charge in [-0.2, -0.15) is 0 Å². The first kappa shape index (κ1) is 13.5. The van der Waals surface area contributed by atoms with E-state index in [1.807, 2.05) is 14.1 Å². The number of allylic oxidation sites excluding steroid dienone is 1. The van der Waals surface area contributed by atoms with Gasteiger partial charge in [0.05, 0.1) is 5.76 Å². The van der Waals surface area contributed by atoms with Crippen molar-refractivity contribution in [3.05, 3.63) is 12.3 Å². The molecule has 0 amide bonds. The van der Waals surface area contributed by atoms with Crippen molar-refractivity contribution in [1.29, 1.82) is 0 Å². The zero-order valence-corrected chi connectivity index (χ0v) is 10.6. The third kappa shape index (κ3) is 4.14. The third-order valence-corrected chi connectivity index (χ3v) is 2.98. The van der Waals surface area contributed by atoms with Crippen molar-refractivity contribution in [2.45, 2.75) is 27.7 Å². The number of nitrogens with zero attached hydrogens (tertiary/aromatic N) is 1. The lowest BCUT2D eigenvalue weighted by molar-refractivity contribution is 0.106. The van der Waals surface area contributed by atoms with Crippen LogP contribution in [0.1, 0.15) is 27.7 Å². The predicted molar refractivity (Wildman–Crippen MR) is 62.3 cm³/mol. The molecule has 0 aromatic rings. The summed E-state index contributed by atoms with van der Waals surface area (Å²) < 4.78 is 5.64. The zero-order chi connectivity index (χ0) is 11.4. The van der Waals surface area contributed by atoms with Crippen molar-refractivity contribution in [2.24, 2.45) is 11.3 Å². The van der Waals surface area contributed by atoms with Crippen molar-refractivity contribution in [2.75, 3.05) is 27.2 Å². The standard InChI is InChI=1S/C12H25NO/c1-10(2)12(4,5)11(3)14-9-8-13(6)7/h10H,3,8-9H2,1-2,4-7H3. The third-order valence-electron chi connectivity index (χ3n) is 2.98. The fourth-order valence-electron chi connectivity index (χ4n) is 0.859. The molecule has 0 aliphatic heterocycles. The Hall–Kier alpha value is -0.500. The topological polar surface area (TPSA) is 12.5 Å². The number of rotatable bonds is 6. The molecule has 2 nitrogen and oxygen atoms in total. The van der Waals surface area contributed by atoms with E-state index in [9.17, 15) is 0 Å². The van der Waals surface area contributed by atoms with Gasteiger partial charge < -0.3 is 9.64 Å². The van der Waals surface area contributed by atoms with Crippen molar-refractivity contribution < 1.29 is 4.74 Å². The number of hydrogen-bond acceptors (Lipinski definition) is 2. The Labute approximate surface area is 88.9 Å². The van der Waals surface area contributed by atoms with Crippen molar-refractivity contribution in [3.63, 3.8) is 0 Å². The quantitative estimate of drug-likeness (QED) is 0.610. The van der Waals surface area contributed by atoms with E-state index in [0.717, 1.165) is 18.9 Å². The summed E-state index contributed by atoms with van der Waals surface area (Å²) in [7, 11) is 4.08. The Morgan fingerprint density at radius 3 is 2.21 bits per heavy atom. The molecule has 0 aromatic heterocycles. The maximum Gasteiger partial charge on any atom is 0.100 e. The molecule has 84 valence electrons. The Bertz CT molecular complexity index is 183. The summed E-state index contributed by atoms with van der Waals surface area (Å²) in [6.45, 7) is 14.4. The van der Waals surface area contributed by atoms with Crippen LogP contribution in [-0.2, 0) is 4.74 Å². The van der Waals surface area contributed by atoms with Gasteiger partial charge in [-0.1, -0.05) is 34.3 Å². The van der Waals surface area contributed by atoms with Crippen LogP contribution in [0.2, 0.25) is 0 Å². The fraction of sp³-hybridized carbons (Fsp3) is 0.833. The maximum atomic E-state index is 5.64. The Morgan fingerprint density at radius 2 is 1.86 bits per heavy atom. The van der Waals surface area contributed by atoms with Crippen LogP contribution in [0.25, 0.3) is 0 Å². The van der Waals surface area contributed by atoms with Gasteiger partial charge in [0.15, 0.2) is 0 Å². The molecule has 2 heteroatoms. The van der Waals surface area contributed by atoms with Crippen molar-refractivity contribution in [3.8, 4) is 0 Å². The van der Waals surface area contributed by atoms with Crippen LogP contribution in [-0.4, -0.2) is 32.1 Å². The summed E-state index contributed by atoms with van der Waals surface area (Å²) in [6, 6.07) is 0. The molecule has 0 heterocycles. The van der Waals surface area contributed by atoms with E-state index < -0.39 is 0 Å². The average molecular weight is 199 g/mol. The molecular weight excluding hydrogens is 174 g/mol. The van der Waals surface area contributed by atoms with Crippen LogP contribution in [0, 0.1) is 11.3 Å². The molecule has 0 rings (SSSR count). The van der Waals surface area contributed by atoms with Crippen LogP contribution in [0.5, 0.6) is 0 Å². The second-order valence-electron chi connectivity index (χ2n) is 4.95. The van der Waals surface area contributed by atoms with Crippen LogP contribution in [0.15, 0.2) is 12.3 Å². The first-order valence-corrected chi connectivity index (χ1v) is 5.25. The molecule has 0 unspecified atom stereocenters. The van der Waals surface area contributed by atoms with Gasteiger partial charge in [0.2, 0.25) is 0 Å². The van der Waals surface area contributed by atoms with Gasteiger partial charge in [0.1, 0.15) is 6.61 Å². The Kier molecular flexibility index (Phi) is 5.21. The van der Waals surface area contributed by atoms with Crippen molar-refractivity contribution in [1.82, 2.24) is 4.90 Å². The van der Waals surface area contributed by atoms with E-state index in [0.29, 0.717) is 5.92 Å². The molecular formula is C12H25NO. The second-order valence-corrected chi connectivity index (χ2v) is 4.95. The minimum absolute atomic E-state index is 0.0618. The van der Waals surface area contributed by atoms with Gasteiger partial charge >= 0.3 is 0 Å². The van der Waals surface area contributed by atoms with Gasteiger partial charge in [-0.15, -0.1) is 0 Å². The molecule has 0 radical (unpaired) electrons. The van der Waals surface area contributed by atoms with E-state index in [4.69, 9.17) is 4.74 Å². The van der Waals surface area contributed by atoms with Gasteiger partial charge in [0.25, 0.3) is 0 Å². The highest BCUT2D eigenvalue weighted by molar-refractivity contribution is 5.00.